The van der Waals surface area contributed by atoms with E-state index in [9.17, 15) is 9.59 Å². The van der Waals surface area contributed by atoms with E-state index >= 15 is 0 Å². The van der Waals surface area contributed by atoms with Crippen LogP contribution in [0.5, 0.6) is 0 Å². The van der Waals surface area contributed by atoms with Gasteiger partial charge < -0.3 is 11.1 Å². The molecule has 0 aliphatic carbocycles. The Morgan fingerprint density at radius 1 is 1.44 bits per heavy atom. The van der Waals surface area contributed by atoms with Crippen molar-refractivity contribution in [1.29, 1.82) is 0 Å². The lowest BCUT2D eigenvalue weighted by molar-refractivity contribution is -0.119. The van der Waals surface area contributed by atoms with Crippen LogP contribution in [0.3, 0.4) is 0 Å². The maximum Gasteiger partial charge on any atom is 0.253 e. The molecule has 0 unspecified atom stereocenters. The zero-order valence-electron chi connectivity index (χ0n) is 8.87. The highest BCUT2D eigenvalue weighted by Crippen LogP contribution is 2.14. The van der Waals surface area contributed by atoms with Crippen LogP contribution in [0, 0.1) is 0 Å². The number of hydrogen-bond acceptors (Lipinski definition) is 2. The van der Waals surface area contributed by atoms with Gasteiger partial charge in [-0.05, 0) is 18.6 Å². The average Bonchev–Trinajstić information content (AvgIpc) is 2.25. The molecule has 86 valence electrons. The van der Waals surface area contributed by atoms with E-state index in [2.05, 4.69) is 5.32 Å². The van der Waals surface area contributed by atoms with E-state index in [0.717, 1.165) is 0 Å². The molecule has 5 heteroatoms. The third-order valence-corrected chi connectivity index (χ3v) is 2.51. The van der Waals surface area contributed by atoms with Crippen LogP contribution in [0.25, 0.3) is 0 Å². The maximum atomic E-state index is 11.7. The Morgan fingerprint density at radius 3 is 2.56 bits per heavy atom. The summed E-state index contributed by atoms with van der Waals surface area (Å²) in [6, 6.07) is 5.97. The first-order valence-electron chi connectivity index (χ1n) is 4.91. The lowest BCUT2D eigenvalue weighted by Crippen LogP contribution is -2.44. The molecule has 0 saturated carbocycles. The lowest BCUT2D eigenvalue weighted by Gasteiger charge is -2.13. The second-order valence-electron chi connectivity index (χ2n) is 3.32. The minimum Gasteiger partial charge on any atom is -0.368 e. The number of benzene rings is 1. The molecule has 0 spiro atoms. The number of halogens is 1. The van der Waals surface area contributed by atoms with Gasteiger partial charge in [-0.3, -0.25) is 9.59 Å². The van der Waals surface area contributed by atoms with Crippen LogP contribution in [0.1, 0.15) is 23.7 Å². The van der Waals surface area contributed by atoms with Gasteiger partial charge in [0.1, 0.15) is 6.04 Å². The Bertz CT molecular complexity index is 407. The summed E-state index contributed by atoms with van der Waals surface area (Å²) in [6.45, 7) is 1.77. The van der Waals surface area contributed by atoms with Gasteiger partial charge in [0.25, 0.3) is 5.91 Å². The normalized spacial score (nSPS) is 11.9. The van der Waals surface area contributed by atoms with Gasteiger partial charge in [-0.1, -0.05) is 30.7 Å². The van der Waals surface area contributed by atoms with Crippen molar-refractivity contribution >= 4 is 23.4 Å². The van der Waals surface area contributed by atoms with Gasteiger partial charge in [-0.25, -0.2) is 0 Å². The molecular weight excluding hydrogens is 228 g/mol. The van der Waals surface area contributed by atoms with Gasteiger partial charge in [-0.15, -0.1) is 0 Å². The van der Waals surface area contributed by atoms with Crippen molar-refractivity contribution in [3.63, 3.8) is 0 Å². The van der Waals surface area contributed by atoms with Gasteiger partial charge in [0.2, 0.25) is 5.91 Å². The molecule has 0 saturated heterocycles. The van der Waals surface area contributed by atoms with Crippen LogP contribution in [0.15, 0.2) is 24.3 Å². The van der Waals surface area contributed by atoms with Crippen molar-refractivity contribution in [3.05, 3.63) is 34.9 Å². The number of rotatable bonds is 4. The molecule has 0 bridgehead atoms. The Balaban J connectivity index is 2.80. The van der Waals surface area contributed by atoms with E-state index in [1.165, 1.54) is 0 Å². The third kappa shape index (κ3) is 2.97. The highest BCUT2D eigenvalue weighted by Gasteiger charge is 2.17. The fourth-order valence-corrected chi connectivity index (χ4v) is 1.48. The highest BCUT2D eigenvalue weighted by molar-refractivity contribution is 6.33. The Hall–Kier alpha value is -1.55. The van der Waals surface area contributed by atoms with E-state index in [1.54, 1.807) is 31.2 Å². The molecule has 0 heterocycles. The molecule has 4 nitrogen and oxygen atoms in total. The maximum absolute atomic E-state index is 11.7. The number of primary amides is 1. The van der Waals surface area contributed by atoms with Crippen molar-refractivity contribution in [2.45, 2.75) is 19.4 Å². The average molecular weight is 241 g/mol. The predicted octanol–water partition coefficient (Wildman–Crippen LogP) is 1.33. The summed E-state index contributed by atoms with van der Waals surface area (Å²) in [5.41, 5.74) is 5.46. The first-order valence-corrected chi connectivity index (χ1v) is 5.28. The molecule has 16 heavy (non-hydrogen) atoms. The largest absolute Gasteiger partial charge is 0.368 e. The van der Waals surface area contributed by atoms with Crippen LogP contribution >= 0.6 is 11.6 Å². The van der Waals surface area contributed by atoms with Crippen LogP contribution in [-0.2, 0) is 4.79 Å². The summed E-state index contributed by atoms with van der Waals surface area (Å²) < 4.78 is 0. The molecular formula is C11H13ClN2O2. The van der Waals surface area contributed by atoms with Crippen LogP contribution < -0.4 is 11.1 Å². The van der Waals surface area contributed by atoms with Crippen LogP contribution in [0.4, 0.5) is 0 Å². The summed E-state index contributed by atoms with van der Waals surface area (Å²) in [4.78, 5) is 22.7. The SMILES string of the molecule is CC[C@H](NC(=O)c1ccccc1Cl)C(N)=O. The molecule has 1 rings (SSSR count). The van der Waals surface area contributed by atoms with Crippen molar-refractivity contribution < 1.29 is 9.59 Å². The summed E-state index contributed by atoms with van der Waals surface area (Å²) in [5, 5.41) is 2.87. The lowest BCUT2D eigenvalue weighted by atomic mass is 10.1. The van der Waals surface area contributed by atoms with Crippen molar-refractivity contribution in [2.24, 2.45) is 5.73 Å². The van der Waals surface area contributed by atoms with Gasteiger partial charge >= 0.3 is 0 Å². The number of hydrogen-bond donors (Lipinski definition) is 2. The zero-order valence-corrected chi connectivity index (χ0v) is 9.62. The minimum absolute atomic E-state index is 0.337. The molecule has 0 aromatic heterocycles. The van der Waals surface area contributed by atoms with E-state index in [4.69, 9.17) is 17.3 Å². The first-order chi connectivity index (χ1) is 7.56. The Kier molecular flexibility index (Phi) is 4.31. The van der Waals surface area contributed by atoms with Crippen LogP contribution in [-0.4, -0.2) is 17.9 Å². The Morgan fingerprint density at radius 2 is 2.06 bits per heavy atom. The monoisotopic (exact) mass is 240 g/mol. The zero-order chi connectivity index (χ0) is 12.1. The summed E-state index contributed by atoms with van der Waals surface area (Å²) in [5.74, 6) is -0.945. The summed E-state index contributed by atoms with van der Waals surface area (Å²) in [6.07, 6.45) is 0.450. The topological polar surface area (TPSA) is 72.2 Å². The Labute approximate surface area is 98.8 Å². The molecule has 3 N–H and O–H groups in total. The van der Waals surface area contributed by atoms with Gasteiger partial charge in [0, 0.05) is 0 Å². The molecule has 2 amide bonds. The van der Waals surface area contributed by atoms with E-state index in [0.29, 0.717) is 17.0 Å². The predicted molar refractivity (Wildman–Crippen MR) is 62.2 cm³/mol. The number of carbonyl (C=O) groups excluding carboxylic acids is 2. The molecule has 1 aromatic carbocycles. The summed E-state index contributed by atoms with van der Waals surface area (Å²) >= 11 is 5.85. The van der Waals surface area contributed by atoms with E-state index < -0.39 is 17.9 Å². The number of nitrogens with two attached hydrogens (primary N) is 1. The van der Waals surface area contributed by atoms with Crippen molar-refractivity contribution in [2.75, 3.05) is 0 Å². The fraction of sp³-hybridized carbons (Fsp3) is 0.273. The smallest absolute Gasteiger partial charge is 0.253 e. The molecule has 1 atom stereocenters. The van der Waals surface area contributed by atoms with Crippen molar-refractivity contribution in [3.8, 4) is 0 Å². The van der Waals surface area contributed by atoms with E-state index in [-0.39, 0.29) is 0 Å². The molecule has 1 aromatic rings. The molecule has 0 fully saturated rings. The van der Waals surface area contributed by atoms with Crippen LogP contribution in [0.2, 0.25) is 5.02 Å². The highest BCUT2D eigenvalue weighted by atomic mass is 35.5. The number of nitrogens with one attached hydrogen (secondary N) is 1. The second-order valence-corrected chi connectivity index (χ2v) is 3.72. The van der Waals surface area contributed by atoms with E-state index in [1.807, 2.05) is 0 Å². The fourth-order valence-electron chi connectivity index (χ4n) is 1.26. The minimum atomic E-state index is -0.663. The number of carbonyl (C=O) groups is 2. The molecule has 0 aliphatic heterocycles. The molecule has 0 radical (unpaired) electrons. The van der Waals surface area contributed by atoms with Gasteiger partial charge in [-0.2, -0.15) is 0 Å². The first kappa shape index (κ1) is 12.5. The molecule has 0 aliphatic rings. The standard InChI is InChI=1S/C11H13ClN2O2/c1-2-9(10(13)15)14-11(16)7-5-3-4-6-8(7)12/h3-6,9H,2H2,1H3,(H2,13,15)(H,14,16)/t9-/m0/s1. The van der Waals surface area contributed by atoms with Gasteiger partial charge in [0.05, 0.1) is 10.6 Å². The van der Waals surface area contributed by atoms with Crippen molar-refractivity contribution in [1.82, 2.24) is 5.32 Å². The van der Waals surface area contributed by atoms with Gasteiger partial charge in [0.15, 0.2) is 0 Å². The number of amides is 2. The summed E-state index contributed by atoms with van der Waals surface area (Å²) in [7, 11) is 0. The quantitative estimate of drug-likeness (QED) is 0.834. The third-order valence-electron chi connectivity index (χ3n) is 2.18. The second kappa shape index (κ2) is 5.51.